The maximum absolute atomic E-state index is 12.1. The lowest BCUT2D eigenvalue weighted by Crippen LogP contribution is -2.23. The molecule has 0 spiro atoms. The van der Waals surface area contributed by atoms with Gasteiger partial charge in [0.15, 0.2) is 11.5 Å². The number of hydrogen-bond acceptors (Lipinski definition) is 7. The topological polar surface area (TPSA) is 95.7 Å². The van der Waals surface area contributed by atoms with E-state index in [1.165, 1.54) is 0 Å². The van der Waals surface area contributed by atoms with Gasteiger partial charge >= 0.3 is 0 Å². The van der Waals surface area contributed by atoms with Crippen molar-refractivity contribution in [2.75, 3.05) is 21.3 Å². The summed E-state index contributed by atoms with van der Waals surface area (Å²) in [5.74, 6) is 2.67. The second-order valence-corrected chi connectivity index (χ2v) is 6.21. The molecule has 8 heteroatoms. The summed E-state index contributed by atoms with van der Waals surface area (Å²) in [6.45, 7) is 0.427. The molecule has 1 aromatic heterocycles. The van der Waals surface area contributed by atoms with E-state index in [0.29, 0.717) is 36.2 Å². The third kappa shape index (κ3) is 5.25. The van der Waals surface area contributed by atoms with Gasteiger partial charge in [0.25, 0.3) is 0 Å². The molecule has 1 amide bonds. The van der Waals surface area contributed by atoms with E-state index in [-0.39, 0.29) is 12.3 Å². The van der Waals surface area contributed by atoms with Crippen molar-refractivity contribution >= 4 is 5.91 Å². The molecule has 8 nitrogen and oxygen atoms in total. The Balaban J connectivity index is 1.54. The Morgan fingerprint density at radius 2 is 1.86 bits per heavy atom. The first-order valence-corrected chi connectivity index (χ1v) is 9.07. The van der Waals surface area contributed by atoms with Crippen LogP contribution in [-0.2, 0) is 17.8 Å². The minimum Gasteiger partial charge on any atom is -0.497 e. The fourth-order valence-corrected chi connectivity index (χ4v) is 2.74. The van der Waals surface area contributed by atoms with Gasteiger partial charge in [-0.15, -0.1) is 0 Å². The highest BCUT2D eigenvalue weighted by molar-refractivity contribution is 5.76. The Bertz CT molecular complexity index is 970. The Morgan fingerprint density at radius 3 is 2.62 bits per heavy atom. The van der Waals surface area contributed by atoms with Crippen LogP contribution in [-0.4, -0.2) is 37.4 Å². The van der Waals surface area contributed by atoms with Crippen molar-refractivity contribution in [3.05, 3.63) is 53.9 Å². The molecule has 0 atom stereocenters. The number of carbonyl (C=O) groups excluding carboxylic acids is 1. The van der Waals surface area contributed by atoms with E-state index in [1.807, 2.05) is 30.3 Å². The summed E-state index contributed by atoms with van der Waals surface area (Å²) in [5.41, 5.74) is 1.70. The Hall–Kier alpha value is -3.55. The van der Waals surface area contributed by atoms with Crippen LogP contribution in [0.15, 0.2) is 47.0 Å². The van der Waals surface area contributed by atoms with E-state index in [9.17, 15) is 4.79 Å². The van der Waals surface area contributed by atoms with Crippen molar-refractivity contribution in [3.8, 4) is 28.6 Å². The molecule has 1 heterocycles. The predicted molar refractivity (Wildman–Crippen MR) is 106 cm³/mol. The first kappa shape index (κ1) is 20.2. The lowest BCUT2D eigenvalue weighted by Gasteiger charge is -2.07. The number of hydrogen-bond donors (Lipinski definition) is 1. The molecule has 0 aliphatic rings. The van der Waals surface area contributed by atoms with Gasteiger partial charge in [-0.2, -0.15) is 4.98 Å². The van der Waals surface area contributed by atoms with Crippen LogP contribution in [0, 0.1) is 0 Å². The maximum atomic E-state index is 12.1. The van der Waals surface area contributed by atoms with Gasteiger partial charge in [-0.1, -0.05) is 17.3 Å². The van der Waals surface area contributed by atoms with Crippen LogP contribution in [0.1, 0.15) is 17.9 Å². The third-order valence-corrected chi connectivity index (χ3v) is 4.30. The summed E-state index contributed by atoms with van der Waals surface area (Å²) in [6, 6.07) is 12.9. The summed E-state index contributed by atoms with van der Waals surface area (Å²) in [7, 11) is 4.75. The highest BCUT2D eigenvalue weighted by Crippen LogP contribution is 2.31. The van der Waals surface area contributed by atoms with Gasteiger partial charge in [0, 0.05) is 24.9 Å². The van der Waals surface area contributed by atoms with E-state index in [0.717, 1.165) is 16.9 Å². The van der Waals surface area contributed by atoms with Gasteiger partial charge in [-0.05, 0) is 35.9 Å². The predicted octanol–water partition coefficient (Wildman–Crippen LogP) is 3.01. The minimum atomic E-state index is -0.0984. The number of ether oxygens (including phenoxy) is 3. The van der Waals surface area contributed by atoms with Crippen LogP contribution in [0.25, 0.3) is 11.4 Å². The fourth-order valence-electron chi connectivity index (χ4n) is 2.74. The van der Waals surface area contributed by atoms with Crippen molar-refractivity contribution in [3.63, 3.8) is 0 Å². The Morgan fingerprint density at radius 1 is 1.03 bits per heavy atom. The number of aryl methyl sites for hydroxylation is 1. The quantitative estimate of drug-likeness (QED) is 0.593. The van der Waals surface area contributed by atoms with Crippen LogP contribution in [0.5, 0.6) is 17.2 Å². The second kappa shape index (κ2) is 9.59. The molecule has 2 aromatic carbocycles. The van der Waals surface area contributed by atoms with Gasteiger partial charge < -0.3 is 24.1 Å². The van der Waals surface area contributed by atoms with Crippen LogP contribution >= 0.6 is 0 Å². The van der Waals surface area contributed by atoms with Crippen molar-refractivity contribution in [2.24, 2.45) is 0 Å². The largest absolute Gasteiger partial charge is 0.497 e. The highest BCUT2D eigenvalue weighted by Gasteiger charge is 2.13. The molecule has 3 aromatic rings. The first-order valence-electron chi connectivity index (χ1n) is 9.07. The van der Waals surface area contributed by atoms with Gasteiger partial charge in [0.1, 0.15) is 5.75 Å². The highest BCUT2D eigenvalue weighted by atomic mass is 16.5. The number of aromatic nitrogens is 2. The third-order valence-electron chi connectivity index (χ3n) is 4.30. The Labute approximate surface area is 168 Å². The molecular formula is C21H23N3O5. The summed E-state index contributed by atoms with van der Waals surface area (Å²) in [6.07, 6.45) is 0.599. The summed E-state index contributed by atoms with van der Waals surface area (Å²) < 4.78 is 21.0. The lowest BCUT2D eigenvalue weighted by molar-refractivity contribution is -0.121. The summed E-state index contributed by atoms with van der Waals surface area (Å²) in [4.78, 5) is 16.5. The van der Waals surface area contributed by atoms with Gasteiger partial charge in [-0.25, -0.2) is 0 Å². The van der Waals surface area contributed by atoms with Crippen LogP contribution < -0.4 is 19.5 Å². The zero-order chi connectivity index (χ0) is 20.6. The standard InChI is InChI=1S/C21H23N3O5/c1-26-16-6-4-5-14(11-16)13-22-19(25)9-10-20-23-21(24-29-20)15-7-8-17(27-2)18(12-15)28-3/h4-8,11-12H,9-10,13H2,1-3H3,(H,22,25). The number of nitrogens with one attached hydrogen (secondary N) is 1. The molecular weight excluding hydrogens is 374 g/mol. The fraction of sp³-hybridized carbons (Fsp3) is 0.286. The van der Waals surface area contributed by atoms with Crippen LogP contribution in [0.2, 0.25) is 0 Å². The lowest BCUT2D eigenvalue weighted by atomic mass is 10.2. The van der Waals surface area contributed by atoms with Crippen molar-refractivity contribution < 1.29 is 23.5 Å². The molecule has 0 bridgehead atoms. The normalized spacial score (nSPS) is 10.4. The summed E-state index contributed by atoms with van der Waals surface area (Å²) in [5, 5.41) is 6.85. The zero-order valence-electron chi connectivity index (χ0n) is 16.6. The Kier molecular flexibility index (Phi) is 6.67. The second-order valence-electron chi connectivity index (χ2n) is 6.21. The molecule has 0 unspecified atom stereocenters. The van der Waals surface area contributed by atoms with E-state index in [1.54, 1.807) is 33.5 Å². The van der Waals surface area contributed by atoms with E-state index >= 15 is 0 Å². The molecule has 3 rings (SSSR count). The average Bonchev–Trinajstić information content (AvgIpc) is 3.25. The van der Waals surface area contributed by atoms with Gasteiger partial charge in [0.2, 0.25) is 17.6 Å². The first-order chi connectivity index (χ1) is 14.1. The zero-order valence-corrected chi connectivity index (χ0v) is 16.6. The van der Waals surface area contributed by atoms with Crippen molar-refractivity contribution in [1.82, 2.24) is 15.5 Å². The smallest absolute Gasteiger partial charge is 0.227 e. The number of rotatable bonds is 9. The number of methoxy groups -OCH3 is 3. The number of amides is 1. The van der Waals surface area contributed by atoms with Crippen LogP contribution in [0.3, 0.4) is 0 Å². The maximum Gasteiger partial charge on any atom is 0.227 e. The van der Waals surface area contributed by atoms with Gasteiger partial charge in [0.05, 0.1) is 21.3 Å². The molecule has 0 aliphatic carbocycles. The summed E-state index contributed by atoms with van der Waals surface area (Å²) >= 11 is 0. The number of benzene rings is 2. The molecule has 0 saturated carbocycles. The van der Waals surface area contributed by atoms with Crippen molar-refractivity contribution in [1.29, 1.82) is 0 Å². The molecule has 0 aliphatic heterocycles. The molecule has 0 fully saturated rings. The number of carbonyl (C=O) groups is 1. The minimum absolute atomic E-state index is 0.0984. The molecule has 0 radical (unpaired) electrons. The monoisotopic (exact) mass is 397 g/mol. The van der Waals surface area contributed by atoms with Crippen molar-refractivity contribution in [2.45, 2.75) is 19.4 Å². The number of nitrogens with zero attached hydrogens (tertiary/aromatic N) is 2. The molecule has 29 heavy (non-hydrogen) atoms. The SMILES string of the molecule is COc1cccc(CNC(=O)CCc2nc(-c3ccc(OC)c(OC)c3)no2)c1. The average molecular weight is 397 g/mol. The van der Waals surface area contributed by atoms with Gasteiger partial charge in [-0.3, -0.25) is 4.79 Å². The molecule has 152 valence electrons. The van der Waals surface area contributed by atoms with E-state index in [2.05, 4.69) is 15.5 Å². The molecule has 0 saturated heterocycles. The van der Waals surface area contributed by atoms with E-state index < -0.39 is 0 Å². The van der Waals surface area contributed by atoms with E-state index in [4.69, 9.17) is 18.7 Å². The molecule has 1 N–H and O–H groups in total. The van der Waals surface area contributed by atoms with Crippen LogP contribution in [0.4, 0.5) is 0 Å².